The third-order valence-electron chi connectivity index (χ3n) is 3.89. The van der Waals surface area contributed by atoms with Crippen molar-refractivity contribution in [3.05, 3.63) is 0 Å². The van der Waals surface area contributed by atoms with Crippen molar-refractivity contribution in [2.75, 3.05) is 53.1 Å². The largest absolute Gasteiger partial charge is 0.382 e. The third kappa shape index (κ3) is 5.84. The van der Waals surface area contributed by atoms with E-state index in [0.29, 0.717) is 0 Å². The molecule has 0 aliphatic carbocycles. The van der Waals surface area contributed by atoms with Crippen LogP contribution in [0, 0.1) is 0 Å². The first-order chi connectivity index (χ1) is 8.33. The maximum Gasteiger partial charge on any atom is 0.102 e. The topological polar surface area (TPSA) is 18.5 Å². The fourth-order valence-electron chi connectivity index (χ4n) is 2.74. The van der Waals surface area contributed by atoms with Gasteiger partial charge in [-0.2, -0.15) is 0 Å². The smallest absolute Gasteiger partial charge is 0.102 e. The number of unbranched alkanes of at least 4 members (excludes halogenated alkanes) is 1. The fraction of sp³-hybridized carbons (Fsp3) is 1.00. The average Bonchev–Trinajstić information content (AvgIpc) is 2.37. The Labute approximate surface area is 107 Å². The van der Waals surface area contributed by atoms with Gasteiger partial charge in [0.05, 0.1) is 39.5 Å². The quantitative estimate of drug-likeness (QED) is 0.458. The first kappa shape index (κ1) is 14.9. The molecule has 3 heteroatoms. The van der Waals surface area contributed by atoms with Crippen molar-refractivity contribution in [3.8, 4) is 0 Å². The molecule has 1 aliphatic heterocycles. The molecule has 0 aromatic carbocycles. The van der Waals surface area contributed by atoms with Crippen LogP contribution in [0.2, 0.25) is 0 Å². The lowest BCUT2D eigenvalue weighted by Gasteiger charge is -2.41. The molecule has 102 valence electrons. The number of hydrogen-bond donors (Lipinski definition) is 0. The molecule has 1 rings (SSSR count). The highest BCUT2D eigenvalue weighted by Crippen LogP contribution is 2.19. The number of methoxy groups -OCH3 is 1. The summed E-state index contributed by atoms with van der Waals surface area (Å²) in [5.41, 5.74) is 0. The summed E-state index contributed by atoms with van der Waals surface area (Å²) in [6.45, 7) is 9.93. The summed E-state index contributed by atoms with van der Waals surface area (Å²) < 4.78 is 11.9. The first-order valence-electron chi connectivity index (χ1n) is 7.25. The molecule has 0 amide bonds. The van der Waals surface area contributed by atoms with E-state index < -0.39 is 0 Å². The van der Waals surface area contributed by atoms with Crippen molar-refractivity contribution in [1.82, 2.24) is 0 Å². The van der Waals surface area contributed by atoms with E-state index in [-0.39, 0.29) is 0 Å². The molecule has 0 aromatic heterocycles. The molecule has 0 spiro atoms. The zero-order valence-corrected chi connectivity index (χ0v) is 11.7. The zero-order chi connectivity index (χ0) is 12.4. The summed E-state index contributed by atoms with van der Waals surface area (Å²) >= 11 is 0. The van der Waals surface area contributed by atoms with E-state index in [1.807, 2.05) is 0 Å². The van der Waals surface area contributed by atoms with Crippen LogP contribution in [0.25, 0.3) is 0 Å². The summed E-state index contributed by atoms with van der Waals surface area (Å²) in [5.74, 6) is 0. The van der Waals surface area contributed by atoms with Crippen molar-refractivity contribution in [3.63, 3.8) is 0 Å². The third-order valence-corrected chi connectivity index (χ3v) is 3.89. The lowest BCUT2D eigenvalue weighted by molar-refractivity contribution is -0.933. The standard InChI is InChI=1S/C14H30NO2/c1-3-4-8-15(9-6-5-7-10-15)11-12-17-14-13-16-2/h3-14H2,1-2H3/q+1. The Morgan fingerprint density at radius 1 is 0.941 bits per heavy atom. The summed E-state index contributed by atoms with van der Waals surface area (Å²) in [6, 6.07) is 0. The van der Waals surface area contributed by atoms with Gasteiger partial charge in [-0.15, -0.1) is 0 Å². The SMILES string of the molecule is CCCC[N+]1(CCOCCOC)CCCCC1. The maximum absolute atomic E-state index is 5.64. The highest BCUT2D eigenvalue weighted by atomic mass is 16.5. The van der Waals surface area contributed by atoms with Gasteiger partial charge in [-0.25, -0.2) is 0 Å². The van der Waals surface area contributed by atoms with Crippen molar-refractivity contribution in [2.24, 2.45) is 0 Å². The lowest BCUT2D eigenvalue weighted by Crippen LogP contribution is -2.53. The Kier molecular flexibility index (Phi) is 7.82. The Morgan fingerprint density at radius 3 is 2.35 bits per heavy atom. The second-order valence-electron chi connectivity index (χ2n) is 5.26. The van der Waals surface area contributed by atoms with Gasteiger partial charge >= 0.3 is 0 Å². The van der Waals surface area contributed by atoms with Gasteiger partial charge in [0.25, 0.3) is 0 Å². The normalized spacial score (nSPS) is 19.4. The van der Waals surface area contributed by atoms with Gasteiger partial charge in [0, 0.05) is 7.11 Å². The second kappa shape index (κ2) is 8.90. The summed E-state index contributed by atoms with van der Waals surface area (Å²) in [4.78, 5) is 0. The molecule has 0 saturated carbocycles. The second-order valence-corrected chi connectivity index (χ2v) is 5.26. The Bertz CT molecular complexity index is 179. The van der Waals surface area contributed by atoms with Gasteiger partial charge in [-0.05, 0) is 25.7 Å². The minimum Gasteiger partial charge on any atom is -0.382 e. The van der Waals surface area contributed by atoms with Crippen LogP contribution in [0.15, 0.2) is 0 Å². The predicted molar refractivity (Wildman–Crippen MR) is 71.2 cm³/mol. The van der Waals surface area contributed by atoms with Gasteiger partial charge < -0.3 is 14.0 Å². The molecule has 0 unspecified atom stereocenters. The minimum absolute atomic E-state index is 0.717. The molecule has 1 fully saturated rings. The van der Waals surface area contributed by atoms with Crippen LogP contribution in [0.3, 0.4) is 0 Å². The summed E-state index contributed by atoms with van der Waals surface area (Å²) in [5, 5.41) is 0. The number of ether oxygens (including phenoxy) is 2. The molecule has 1 heterocycles. The molecule has 0 N–H and O–H groups in total. The summed E-state index contributed by atoms with van der Waals surface area (Å²) in [6.07, 6.45) is 6.91. The van der Waals surface area contributed by atoms with Crippen LogP contribution in [-0.2, 0) is 9.47 Å². The van der Waals surface area contributed by atoms with Crippen LogP contribution in [0.1, 0.15) is 39.0 Å². The number of hydrogen-bond acceptors (Lipinski definition) is 2. The van der Waals surface area contributed by atoms with Gasteiger partial charge in [0.15, 0.2) is 0 Å². The van der Waals surface area contributed by atoms with Gasteiger partial charge in [-0.3, -0.25) is 0 Å². The monoisotopic (exact) mass is 244 g/mol. The van der Waals surface area contributed by atoms with Crippen molar-refractivity contribution >= 4 is 0 Å². The Hall–Kier alpha value is -0.120. The summed E-state index contributed by atoms with van der Waals surface area (Å²) in [7, 11) is 1.73. The maximum atomic E-state index is 5.64. The Morgan fingerprint density at radius 2 is 1.71 bits per heavy atom. The number of nitrogens with zero attached hydrogens (tertiary/aromatic N) is 1. The molecule has 1 aliphatic rings. The molecule has 0 atom stereocenters. The molecular weight excluding hydrogens is 214 g/mol. The number of likely N-dealkylation sites (tertiary alicyclic amines) is 1. The lowest BCUT2D eigenvalue weighted by atomic mass is 10.1. The highest BCUT2D eigenvalue weighted by molar-refractivity contribution is 4.55. The minimum atomic E-state index is 0.717. The van der Waals surface area contributed by atoms with Gasteiger partial charge in [0.2, 0.25) is 0 Å². The Balaban J connectivity index is 2.24. The fourth-order valence-corrected chi connectivity index (χ4v) is 2.74. The molecule has 1 saturated heterocycles. The number of quaternary nitrogens is 1. The van der Waals surface area contributed by atoms with Gasteiger partial charge in [0.1, 0.15) is 6.54 Å². The molecule has 0 radical (unpaired) electrons. The van der Waals surface area contributed by atoms with Crippen LogP contribution < -0.4 is 0 Å². The van der Waals surface area contributed by atoms with Crippen LogP contribution in [0.4, 0.5) is 0 Å². The molecule has 0 bridgehead atoms. The van der Waals surface area contributed by atoms with Gasteiger partial charge in [-0.1, -0.05) is 13.3 Å². The van der Waals surface area contributed by atoms with Crippen molar-refractivity contribution in [2.45, 2.75) is 39.0 Å². The van der Waals surface area contributed by atoms with Crippen LogP contribution in [0.5, 0.6) is 0 Å². The highest BCUT2D eigenvalue weighted by Gasteiger charge is 2.28. The van der Waals surface area contributed by atoms with E-state index in [2.05, 4.69) is 6.92 Å². The van der Waals surface area contributed by atoms with Crippen molar-refractivity contribution < 1.29 is 14.0 Å². The number of piperidine rings is 1. The zero-order valence-electron chi connectivity index (χ0n) is 11.7. The predicted octanol–water partition coefficient (Wildman–Crippen LogP) is 2.45. The van der Waals surface area contributed by atoms with E-state index in [1.54, 1.807) is 7.11 Å². The van der Waals surface area contributed by atoms with E-state index >= 15 is 0 Å². The van der Waals surface area contributed by atoms with E-state index in [4.69, 9.17) is 9.47 Å². The first-order valence-corrected chi connectivity index (χ1v) is 7.25. The van der Waals surface area contributed by atoms with Crippen molar-refractivity contribution in [1.29, 1.82) is 0 Å². The molecule has 0 aromatic rings. The van der Waals surface area contributed by atoms with Crippen LogP contribution >= 0.6 is 0 Å². The van der Waals surface area contributed by atoms with E-state index in [9.17, 15) is 0 Å². The van der Waals surface area contributed by atoms with E-state index in [0.717, 1.165) is 19.8 Å². The van der Waals surface area contributed by atoms with Crippen LogP contribution in [-0.4, -0.2) is 57.6 Å². The molecule has 17 heavy (non-hydrogen) atoms. The molecule has 3 nitrogen and oxygen atoms in total. The van der Waals surface area contributed by atoms with E-state index in [1.165, 1.54) is 62.8 Å². The average molecular weight is 244 g/mol. The molecular formula is C14H30NO2+. The number of rotatable bonds is 9.